The van der Waals surface area contributed by atoms with Crippen LogP contribution in [0.1, 0.15) is 54.6 Å². The lowest BCUT2D eigenvalue weighted by atomic mass is 9.84. The van der Waals surface area contributed by atoms with E-state index in [0.29, 0.717) is 19.0 Å². The second-order valence-electron chi connectivity index (χ2n) is 7.86. The maximum Gasteiger partial charge on any atom is 0.263 e. The summed E-state index contributed by atoms with van der Waals surface area (Å²) >= 11 is 1.49. The Balaban J connectivity index is 1.27. The molecule has 3 aliphatic heterocycles. The first-order chi connectivity index (χ1) is 12.7. The van der Waals surface area contributed by atoms with Gasteiger partial charge < -0.3 is 14.5 Å². The monoisotopic (exact) mass is 376 g/mol. The van der Waals surface area contributed by atoms with E-state index in [1.165, 1.54) is 24.2 Å². The van der Waals surface area contributed by atoms with Crippen LogP contribution < -0.4 is 0 Å². The van der Waals surface area contributed by atoms with Crippen molar-refractivity contribution in [2.75, 3.05) is 32.8 Å². The molecule has 142 valence electrons. The Hall–Kier alpha value is -1.40. The molecule has 0 unspecified atom stereocenters. The van der Waals surface area contributed by atoms with E-state index in [1.807, 2.05) is 27.3 Å². The van der Waals surface area contributed by atoms with Crippen LogP contribution in [0.15, 0.2) is 17.5 Å². The van der Waals surface area contributed by atoms with Gasteiger partial charge in [-0.05, 0) is 56.4 Å². The van der Waals surface area contributed by atoms with Crippen LogP contribution in [0.5, 0.6) is 0 Å². The van der Waals surface area contributed by atoms with Gasteiger partial charge in [0.05, 0.1) is 10.5 Å². The molecule has 0 aliphatic carbocycles. The summed E-state index contributed by atoms with van der Waals surface area (Å²) in [7, 11) is 0. The van der Waals surface area contributed by atoms with Crippen LogP contribution in [-0.2, 0) is 9.53 Å². The second-order valence-corrected chi connectivity index (χ2v) is 8.81. The number of thiophene rings is 1. The highest BCUT2D eigenvalue weighted by Crippen LogP contribution is 2.35. The first-order valence-corrected chi connectivity index (χ1v) is 10.8. The van der Waals surface area contributed by atoms with E-state index in [0.717, 1.165) is 56.7 Å². The molecule has 0 aromatic carbocycles. The van der Waals surface area contributed by atoms with Crippen LogP contribution >= 0.6 is 11.3 Å². The lowest BCUT2D eigenvalue weighted by Gasteiger charge is -2.45. The van der Waals surface area contributed by atoms with E-state index in [9.17, 15) is 9.59 Å². The predicted octanol–water partition coefficient (Wildman–Crippen LogP) is 3.16. The van der Waals surface area contributed by atoms with Crippen molar-refractivity contribution < 1.29 is 14.3 Å². The molecule has 3 aliphatic rings. The van der Waals surface area contributed by atoms with Crippen molar-refractivity contribution in [2.45, 2.75) is 50.5 Å². The number of likely N-dealkylation sites (tertiary alicyclic amines) is 2. The van der Waals surface area contributed by atoms with Crippen LogP contribution in [0.3, 0.4) is 0 Å². The van der Waals surface area contributed by atoms with Gasteiger partial charge in [0, 0.05) is 38.7 Å². The molecule has 0 N–H and O–H groups in total. The Morgan fingerprint density at radius 1 is 1.04 bits per heavy atom. The molecule has 4 rings (SSSR count). The van der Waals surface area contributed by atoms with Crippen molar-refractivity contribution >= 4 is 23.2 Å². The minimum absolute atomic E-state index is 0.0471. The molecule has 2 amide bonds. The first-order valence-electron chi connectivity index (χ1n) is 9.92. The highest BCUT2D eigenvalue weighted by Gasteiger charge is 2.39. The third-order valence-corrected chi connectivity index (χ3v) is 7.14. The van der Waals surface area contributed by atoms with Gasteiger partial charge in [-0.15, -0.1) is 11.3 Å². The molecule has 6 heteroatoms. The van der Waals surface area contributed by atoms with E-state index in [2.05, 4.69) is 0 Å². The normalized spacial score (nSPS) is 24.0. The van der Waals surface area contributed by atoms with Gasteiger partial charge in [-0.3, -0.25) is 9.59 Å². The SMILES string of the molecule is O=C(c1cccs1)N1CCC(C(=O)N2CCC3(CCCCO3)CC2)CC1. The lowest BCUT2D eigenvalue weighted by molar-refractivity contribution is -0.147. The number of piperidine rings is 2. The molecule has 0 radical (unpaired) electrons. The van der Waals surface area contributed by atoms with E-state index >= 15 is 0 Å². The number of amides is 2. The Morgan fingerprint density at radius 2 is 1.81 bits per heavy atom. The molecule has 0 atom stereocenters. The fourth-order valence-corrected chi connectivity index (χ4v) is 5.27. The number of ether oxygens (including phenoxy) is 1. The number of carbonyl (C=O) groups excluding carboxylic acids is 2. The van der Waals surface area contributed by atoms with Crippen molar-refractivity contribution in [3.63, 3.8) is 0 Å². The van der Waals surface area contributed by atoms with Gasteiger partial charge in [-0.25, -0.2) is 0 Å². The van der Waals surface area contributed by atoms with Crippen LogP contribution in [0.4, 0.5) is 0 Å². The molecular formula is C20H28N2O3S. The maximum atomic E-state index is 12.9. The van der Waals surface area contributed by atoms with Crippen LogP contribution in [0.25, 0.3) is 0 Å². The minimum atomic E-state index is 0.0471. The maximum absolute atomic E-state index is 12.9. The number of hydrogen-bond donors (Lipinski definition) is 0. The van der Waals surface area contributed by atoms with E-state index in [4.69, 9.17) is 4.74 Å². The van der Waals surface area contributed by atoms with Gasteiger partial charge >= 0.3 is 0 Å². The summed E-state index contributed by atoms with van der Waals surface area (Å²) in [5.74, 6) is 0.475. The molecule has 26 heavy (non-hydrogen) atoms. The standard InChI is InChI=1S/C20H28N2O3S/c23-18(22-12-8-20(9-13-22)7-1-2-14-25-20)16-5-10-21(11-6-16)19(24)17-4-3-15-26-17/h3-4,15-16H,1-2,5-14H2. The Labute approximate surface area is 159 Å². The van der Waals surface area contributed by atoms with E-state index in [1.54, 1.807) is 0 Å². The fraction of sp³-hybridized carbons (Fsp3) is 0.700. The average Bonchev–Trinajstić information content (AvgIpc) is 3.23. The Kier molecular flexibility index (Phi) is 5.32. The number of nitrogens with zero attached hydrogens (tertiary/aromatic N) is 2. The number of carbonyl (C=O) groups is 2. The highest BCUT2D eigenvalue weighted by molar-refractivity contribution is 7.12. The van der Waals surface area contributed by atoms with Crippen molar-refractivity contribution in [1.82, 2.24) is 9.80 Å². The zero-order chi connectivity index (χ0) is 18.0. The van der Waals surface area contributed by atoms with Gasteiger partial charge in [0.25, 0.3) is 5.91 Å². The van der Waals surface area contributed by atoms with Crippen LogP contribution in [0, 0.1) is 5.92 Å². The highest BCUT2D eigenvalue weighted by atomic mass is 32.1. The summed E-state index contributed by atoms with van der Waals surface area (Å²) in [6.07, 6.45) is 7.11. The summed E-state index contributed by atoms with van der Waals surface area (Å²) < 4.78 is 6.07. The minimum Gasteiger partial charge on any atom is -0.375 e. The van der Waals surface area contributed by atoms with Crippen LogP contribution in [0.2, 0.25) is 0 Å². The van der Waals surface area contributed by atoms with Crippen molar-refractivity contribution in [2.24, 2.45) is 5.92 Å². The zero-order valence-electron chi connectivity index (χ0n) is 15.3. The molecule has 5 nitrogen and oxygen atoms in total. The molecule has 0 saturated carbocycles. The largest absolute Gasteiger partial charge is 0.375 e. The molecule has 0 bridgehead atoms. The van der Waals surface area contributed by atoms with Gasteiger partial charge in [0.2, 0.25) is 5.91 Å². The molecule has 1 aromatic heterocycles. The van der Waals surface area contributed by atoms with Crippen LogP contribution in [-0.4, -0.2) is 60.0 Å². The second kappa shape index (κ2) is 7.69. The molecule has 3 saturated heterocycles. The van der Waals surface area contributed by atoms with Crippen molar-refractivity contribution in [1.29, 1.82) is 0 Å². The third-order valence-electron chi connectivity index (χ3n) is 6.28. The summed E-state index contributed by atoms with van der Waals surface area (Å²) in [4.78, 5) is 30.1. The quantitative estimate of drug-likeness (QED) is 0.797. The van der Waals surface area contributed by atoms with E-state index in [-0.39, 0.29) is 17.4 Å². The molecular weight excluding hydrogens is 348 g/mol. The summed E-state index contributed by atoms with van der Waals surface area (Å²) in [6.45, 7) is 3.91. The first kappa shape index (κ1) is 18.0. The predicted molar refractivity (Wildman–Crippen MR) is 101 cm³/mol. The van der Waals surface area contributed by atoms with Gasteiger partial charge in [-0.1, -0.05) is 6.07 Å². The Morgan fingerprint density at radius 3 is 2.42 bits per heavy atom. The third kappa shape index (κ3) is 3.67. The molecule has 3 fully saturated rings. The fourth-order valence-electron chi connectivity index (χ4n) is 4.58. The van der Waals surface area contributed by atoms with Gasteiger partial charge in [0.1, 0.15) is 0 Å². The molecule has 1 aromatic rings. The lowest BCUT2D eigenvalue weighted by Crippen LogP contribution is -2.51. The molecule has 4 heterocycles. The van der Waals surface area contributed by atoms with Gasteiger partial charge in [-0.2, -0.15) is 0 Å². The Bertz CT molecular complexity index is 621. The average molecular weight is 377 g/mol. The number of rotatable bonds is 2. The van der Waals surface area contributed by atoms with Gasteiger partial charge in [0.15, 0.2) is 0 Å². The zero-order valence-corrected chi connectivity index (χ0v) is 16.1. The van der Waals surface area contributed by atoms with E-state index < -0.39 is 0 Å². The van der Waals surface area contributed by atoms with Crippen molar-refractivity contribution in [3.05, 3.63) is 22.4 Å². The summed E-state index contributed by atoms with van der Waals surface area (Å²) in [5.41, 5.74) is 0.0471. The van der Waals surface area contributed by atoms with Crippen molar-refractivity contribution in [3.8, 4) is 0 Å². The summed E-state index contributed by atoms with van der Waals surface area (Å²) in [5, 5.41) is 1.93. The number of hydrogen-bond acceptors (Lipinski definition) is 4. The molecule has 1 spiro atoms. The smallest absolute Gasteiger partial charge is 0.263 e. The topological polar surface area (TPSA) is 49.9 Å². The summed E-state index contributed by atoms with van der Waals surface area (Å²) in [6, 6.07) is 3.79.